The van der Waals surface area contributed by atoms with E-state index in [0.29, 0.717) is 18.0 Å². The Labute approximate surface area is 113 Å². The monoisotopic (exact) mass is 267 g/mol. The zero-order valence-electron chi connectivity index (χ0n) is 10.9. The number of nitrogens with zero attached hydrogens (tertiary/aromatic N) is 2. The maximum atomic E-state index is 11.4. The van der Waals surface area contributed by atoms with Gasteiger partial charge in [0, 0.05) is 31.3 Å². The fourth-order valence-corrected chi connectivity index (χ4v) is 4.44. The van der Waals surface area contributed by atoms with Crippen molar-refractivity contribution < 1.29 is 4.79 Å². The summed E-state index contributed by atoms with van der Waals surface area (Å²) in [6.45, 7) is 0.775. The van der Waals surface area contributed by atoms with E-state index in [-0.39, 0.29) is 5.91 Å². The van der Waals surface area contributed by atoms with E-state index < -0.39 is 0 Å². The van der Waals surface area contributed by atoms with Crippen LogP contribution < -0.4 is 5.32 Å². The lowest BCUT2D eigenvalue weighted by molar-refractivity contribution is -0.132. The molecule has 0 aromatic carbocycles. The molecule has 1 saturated carbocycles. The molecule has 0 aromatic heterocycles. The molecule has 2 saturated heterocycles. The Balaban J connectivity index is 1.62. The van der Waals surface area contributed by atoms with E-state index in [4.69, 9.17) is 4.99 Å². The van der Waals surface area contributed by atoms with Crippen LogP contribution in [-0.2, 0) is 4.79 Å². The molecular formula is C13H21N3OS. The number of amides is 1. The summed E-state index contributed by atoms with van der Waals surface area (Å²) < 4.78 is 0. The van der Waals surface area contributed by atoms with Gasteiger partial charge in [0.25, 0.3) is 0 Å². The summed E-state index contributed by atoms with van der Waals surface area (Å²) >= 11 is 1.87. The van der Waals surface area contributed by atoms with Gasteiger partial charge in [-0.1, -0.05) is 24.6 Å². The third-order valence-electron chi connectivity index (χ3n) is 4.32. The minimum atomic E-state index is 0.255. The summed E-state index contributed by atoms with van der Waals surface area (Å²) in [7, 11) is 1.88. The molecule has 2 heterocycles. The van der Waals surface area contributed by atoms with Gasteiger partial charge >= 0.3 is 0 Å². The fourth-order valence-electron chi connectivity index (χ4n) is 3.16. The van der Waals surface area contributed by atoms with Crippen molar-refractivity contribution in [3.05, 3.63) is 0 Å². The Kier molecular flexibility index (Phi) is 3.26. The van der Waals surface area contributed by atoms with Gasteiger partial charge < -0.3 is 10.2 Å². The zero-order valence-corrected chi connectivity index (χ0v) is 11.8. The van der Waals surface area contributed by atoms with Crippen LogP contribution in [0.4, 0.5) is 0 Å². The van der Waals surface area contributed by atoms with Crippen molar-refractivity contribution in [3.63, 3.8) is 0 Å². The average molecular weight is 267 g/mol. The Bertz CT molecular complexity index is 376. The first-order valence-electron chi connectivity index (χ1n) is 6.90. The predicted octanol–water partition coefficient (Wildman–Crippen LogP) is 1.61. The second-order valence-corrected chi connectivity index (χ2v) is 6.77. The molecule has 3 rings (SSSR count). The Morgan fingerprint density at radius 3 is 2.94 bits per heavy atom. The summed E-state index contributed by atoms with van der Waals surface area (Å²) in [5.74, 6) is 1.43. The summed E-state index contributed by atoms with van der Waals surface area (Å²) in [6, 6.07) is 0.291. The number of amidine groups is 1. The van der Waals surface area contributed by atoms with E-state index in [2.05, 4.69) is 5.32 Å². The van der Waals surface area contributed by atoms with E-state index in [1.165, 1.54) is 31.4 Å². The molecule has 4 nitrogen and oxygen atoms in total. The van der Waals surface area contributed by atoms with Crippen LogP contribution in [0, 0.1) is 0 Å². The molecule has 1 unspecified atom stereocenters. The van der Waals surface area contributed by atoms with Gasteiger partial charge in [0.15, 0.2) is 5.17 Å². The highest BCUT2D eigenvalue weighted by molar-refractivity contribution is 8.14. The lowest BCUT2D eigenvalue weighted by Gasteiger charge is -2.27. The van der Waals surface area contributed by atoms with E-state index in [9.17, 15) is 4.79 Å². The summed E-state index contributed by atoms with van der Waals surface area (Å²) in [4.78, 5) is 18.1. The zero-order chi connectivity index (χ0) is 12.6. The summed E-state index contributed by atoms with van der Waals surface area (Å²) in [6.07, 6.45) is 6.84. The molecule has 1 amide bonds. The van der Waals surface area contributed by atoms with Gasteiger partial charge in [-0.15, -0.1) is 0 Å². The first-order valence-corrected chi connectivity index (χ1v) is 7.88. The normalized spacial score (nSPS) is 33.4. The molecule has 100 valence electrons. The van der Waals surface area contributed by atoms with Crippen LogP contribution in [0.15, 0.2) is 4.99 Å². The number of thioether (sulfide) groups is 1. The molecule has 1 N–H and O–H groups in total. The van der Waals surface area contributed by atoms with Crippen LogP contribution in [0.2, 0.25) is 0 Å². The molecule has 0 bridgehead atoms. The number of likely N-dealkylation sites (tertiary alicyclic amines) is 1. The summed E-state index contributed by atoms with van der Waals surface area (Å²) in [5.41, 5.74) is 0.347. The number of likely N-dealkylation sites (N-methyl/N-ethyl adjacent to an activating group) is 1. The molecule has 1 spiro atoms. The second-order valence-electron chi connectivity index (χ2n) is 5.80. The minimum Gasteiger partial charge on any atom is -0.359 e. The molecule has 1 aliphatic carbocycles. The van der Waals surface area contributed by atoms with Gasteiger partial charge in [-0.3, -0.25) is 9.79 Å². The first-order chi connectivity index (χ1) is 8.67. The maximum Gasteiger partial charge on any atom is 0.222 e. The quantitative estimate of drug-likeness (QED) is 0.785. The molecule has 3 fully saturated rings. The maximum absolute atomic E-state index is 11.4. The number of piperidine rings is 1. The van der Waals surface area contributed by atoms with Crippen LogP contribution in [0.1, 0.15) is 38.5 Å². The van der Waals surface area contributed by atoms with Crippen molar-refractivity contribution >= 4 is 22.8 Å². The van der Waals surface area contributed by atoms with Crippen molar-refractivity contribution in [2.24, 2.45) is 4.99 Å². The van der Waals surface area contributed by atoms with Gasteiger partial charge in [-0.05, 0) is 19.3 Å². The molecule has 3 aliphatic rings. The van der Waals surface area contributed by atoms with Gasteiger partial charge in [-0.2, -0.15) is 0 Å². The van der Waals surface area contributed by atoms with Crippen molar-refractivity contribution in [1.82, 2.24) is 10.2 Å². The third kappa shape index (κ3) is 2.37. The number of nitrogens with one attached hydrogen (secondary N) is 1. The lowest BCUT2D eigenvalue weighted by Crippen LogP contribution is -2.42. The molecule has 2 aliphatic heterocycles. The van der Waals surface area contributed by atoms with Crippen molar-refractivity contribution in [2.75, 3.05) is 19.3 Å². The van der Waals surface area contributed by atoms with E-state index in [0.717, 1.165) is 18.1 Å². The predicted molar refractivity (Wildman–Crippen MR) is 74.9 cm³/mol. The van der Waals surface area contributed by atoms with Crippen molar-refractivity contribution in [3.8, 4) is 0 Å². The van der Waals surface area contributed by atoms with E-state index in [1.807, 2.05) is 23.7 Å². The Hall–Kier alpha value is -0.710. The third-order valence-corrected chi connectivity index (χ3v) is 5.50. The summed E-state index contributed by atoms with van der Waals surface area (Å²) in [5, 5.41) is 4.76. The Morgan fingerprint density at radius 1 is 1.44 bits per heavy atom. The van der Waals surface area contributed by atoms with Gasteiger partial charge in [-0.25, -0.2) is 0 Å². The van der Waals surface area contributed by atoms with Crippen molar-refractivity contribution in [1.29, 1.82) is 0 Å². The van der Waals surface area contributed by atoms with Crippen LogP contribution in [0.5, 0.6) is 0 Å². The van der Waals surface area contributed by atoms with Crippen LogP contribution in [-0.4, -0.2) is 46.9 Å². The molecule has 0 radical (unpaired) electrons. The highest BCUT2D eigenvalue weighted by Gasteiger charge is 2.39. The molecule has 18 heavy (non-hydrogen) atoms. The number of carbonyl (C=O) groups excluding carboxylic acids is 1. The lowest BCUT2D eigenvalue weighted by atomic mass is 10.0. The molecule has 5 heteroatoms. The Morgan fingerprint density at radius 2 is 2.22 bits per heavy atom. The molecular weight excluding hydrogens is 246 g/mol. The first kappa shape index (κ1) is 12.3. The van der Waals surface area contributed by atoms with Gasteiger partial charge in [0.05, 0.1) is 6.04 Å². The number of hydrogen-bond donors (Lipinski definition) is 1. The molecule has 0 aromatic rings. The smallest absolute Gasteiger partial charge is 0.222 e. The number of rotatable bonds is 1. The van der Waals surface area contributed by atoms with Crippen LogP contribution in [0.25, 0.3) is 0 Å². The number of aliphatic imine (C=N–C) groups is 1. The highest BCUT2D eigenvalue weighted by Crippen LogP contribution is 2.37. The minimum absolute atomic E-state index is 0.255. The number of carbonyl (C=O) groups is 1. The number of hydrogen-bond acceptors (Lipinski definition) is 3. The second kappa shape index (κ2) is 4.76. The van der Waals surface area contributed by atoms with Crippen LogP contribution in [0.3, 0.4) is 0 Å². The van der Waals surface area contributed by atoms with E-state index >= 15 is 0 Å². The highest BCUT2D eigenvalue weighted by atomic mass is 32.2. The SMILES string of the molecule is CN1CC(N=C2NC3(CCCC3)CS2)CCC1=O. The largest absolute Gasteiger partial charge is 0.359 e. The fraction of sp³-hybridized carbons (Fsp3) is 0.846. The standard InChI is InChI=1S/C13H21N3OS/c1-16-8-10(4-5-11(16)17)14-12-15-13(9-18-12)6-2-3-7-13/h10H,2-9H2,1H3,(H,14,15). The van der Waals surface area contributed by atoms with E-state index in [1.54, 1.807) is 0 Å². The molecule has 1 atom stereocenters. The van der Waals surface area contributed by atoms with Crippen LogP contribution >= 0.6 is 11.8 Å². The topological polar surface area (TPSA) is 44.7 Å². The van der Waals surface area contributed by atoms with Gasteiger partial charge in [0.2, 0.25) is 5.91 Å². The van der Waals surface area contributed by atoms with Crippen molar-refractivity contribution in [2.45, 2.75) is 50.1 Å². The van der Waals surface area contributed by atoms with Gasteiger partial charge in [0.1, 0.15) is 0 Å². The average Bonchev–Trinajstić information content (AvgIpc) is 2.96.